The van der Waals surface area contributed by atoms with Gasteiger partial charge in [0.2, 0.25) is 10.0 Å². The van der Waals surface area contributed by atoms with Crippen molar-refractivity contribution in [1.29, 1.82) is 0 Å². The fourth-order valence-corrected chi connectivity index (χ4v) is 3.96. The van der Waals surface area contributed by atoms with E-state index in [-0.39, 0.29) is 11.6 Å². The molecule has 2 unspecified atom stereocenters. The lowest BCUT2D eigenvalue weighted by molar-refractivity contribution is 0.0416. The van der Waals surface area contributed by atoms with Crippen LogP contribution in [0, 0.1) is 0 Å². The highest BCUT2D eigenvalue weighted by Gasteiger charge is 2.48. The van der Waals surface area contributed by atoms with Gasteiger partial charge in [0.15, 0.2) is 0 Å². The molecule has 0 bridgehead atoms. The first-order valence-electron chi connectivity index (χ1n) is 6.25. The molecule has 100 valence electrons. The third kappa shape index (κ3) is 2.99. The van der Waals surface area contributed by atoms with Crippen molar-refractivity contribution < 1.29 is 13.2 Å². The smallest absolute Gasteiger partial charge is 0.208 e. The van der Waals surface area contributed by atoms with Crippen molar-refractivity contribution in [1.82, 2.24) is 9.62 Å². The topological polar surface area (TPSA) is 58.6 Å². The van der Waals surface area contributed by atoms with E-state index in [0.717, 1.165) is 39.1 Å². The number of ether oxygens (including phenoxy) is 1. The molecule has 2 rings (SSSR count). The van der Waals surface area contributed by atoms with Crippen molar-refractivity contribution in [2.24, 2.45) is 0 Å². The van der Waals surface area contributed by atoms with Crippen LogP contribution in [0.2, 0.25) is 0 Å². The quantitative estimate of drug-likeness (QED) is 0.768. The highest BCUT2D eigenvalue weighted by molar-refractivity contribution is 7.88. The molecule has 2 aliphatic heterocycles. The molecular weight excluding hydrogens is 240 g/mol. The zero-order valence-corrected chi connectivity index (χ0v) is 11.4. The van der Waals surface area contributed by atoms with Gasteiger partial charge in [-0.15, -0.1) is 0 Å². The van der Waals surface area contributed by atoms with Crippen LogP contribution in [0.5, 0.6) is 0 Å². The third-order valence-corrected chi connectivity index (χ3v) is 4.53. The summed E-state index contributed by atoms with van der Waals surface area (Å²) in [6.45, 7) is 5.33. The molecule has 6 heteroatoms. The SMILES string of the molecule is CCOCC12CCCN1CC(NS(C)(=O)=O)C2. The van der Waals surface area contributed by atoms with Crippen molar-refractivity contribution in [3.63, 3.8) is 0 Å². The van der Waals surface area contributed by atoms with Crippen LogP contribution in [0.3, 0.4) is 0 Å². The second-order valence-corrected chi connectivity index (χ2v) is 6.98. The summed E-state index contributed by atoms with van der Waals surface area (Å²) in [6.07, 6.45) is 4.42. The van der Waals surface area contributed by atoms with Crippen LogP contribution in [0.1, 0.15) is 26.2 Å². The Morgan fingerprint density at radius 2 is 2.29 bits per heavy atom. The van der Waals surface area contributed by atoms with Crippen LogP contribution in [0.25, 0.3) is 0 Å². The lowest BCUT2D eigenvalue weighted by Crippen LogP contribution is -2.42. The van der Waals surface area contributed by atoms with Gasteiger partial charge in [-0.25, -0.2) is 13.1 Å². The van der Waals surface area contributed by atoms with Crippen molar-refractivity contribution in [2.45, 2.75) is 37.8 Å². The van der Waals surface area contributed by atoms with E-state index in [0.29, 0.717) is 0 Å². The summed E-state index contributed by atoms with van der Waals surface area (Å²) < 4.78 is 30.8. The zero-order valence-electron chi connectivity index (χ0n) is 10.6. The van der Waals surface area contributed by atoms with Crippen molar-refractivity contribution in [3.05, 3.63) is 0 Å². The second-order valence-electron chi connectivity index (χ2n) is 5.20. The van der Waals surface area contributed by atoms with Gasteiger partial charge < -0.3 is 4.74 Å². The molecule has 0 aromatic carbocycles. The van der Waals surface area contributed by atoms with Crippen molar-refractivity contribution >= 4 is 10.0 Å². The Hall–Kier alpha value is -0.170. The maximum absolute atomic E-state index is 11.3. The van der Waals surface area contributed by atoms with Gasteiger partial charge in [0, 0.05) is 24.7 Å². The van der Waals surface area contributed by atoms with Crippen LogP contribution >= 0.6 is 0 Å². The van der Waals surface area contributed by atoms with Gasteiger partial charge >= 0.3 is 0 Å². The minimum absolute atomic E-state index is 0.0470. The molecule has 2 saturated heterocycles. The molecule has 5 nitrogen and oxygen atoms in total. The normalized spacial score (nSPS) is 34.1. The van der Waals surface area contributed by atoms with Crippen LogP contribution in [-0.4, -0.2) is 57.5 Å². The van der Waals surface area contributed by atoms with E-state index >= 15 is 0 Å². The fourth-order valence-electron chi connectivity index (χ4n) is 3.20. The summed E-state index contributed by atoms with van der Waals surface area (Å²) in [7, 11) is -3.10. The average molecular weight is 262 g/mol. The summed E-state index contributed by atoms with van der Waals surface area (Å²) >= 11 is 0. The molecule has 2 fully saturated rings. The molecule has 2 aliphatic rings. The van der Waals surface area contributed by atoms with Crippen molar-refractivity contribution in [2.75, 3.05) is 32.6 Å². The Morgan fingerprint density at radius 1 is 1.53 bits per heavy atom. The number of fused-ring (bicyclic) bond motifs is 1. The predicted molar refractivity (Wildman–Crippen MR) is 66.4 cm³/mol. The molecule has 0 spiro atoms. The van der Waals surface area contributed by atoms with Gasteiger partial charge in [0.25, 0.3) is 0 Å². The third-order valence-electron chi connectivity index (χ3n) is 3.76. The van der Waals surface area contributed by atoms with Crippen LogP contribution < -0.4 is 4.72 Å². The Bertz CT molecular complexity index is 371. The van der Waals surface area contributed by atoms with E-state index in [1.165, 1.54) is 12.7 Å². The Balaban J connectivity index is 2.01. The first kappa shape index (κ1) is 13.3. The number of nitrogens with zero attached hydrogens (tertiary/aromatic N) is 1. The van der Waals surface area contributed by atoms with Gasteiger partial charge in [-0.1, -0.05) is 0 Å². The molecule has 17 heavy (non-hydrogen) atoms. The molecule has 0 amide bonds. The Labute approximate surface area is 104 Å². The number of rotatable bonds is 5. The average Bonchev–Trinajstić information content (AvgIpc) is 2.68. The van der Waals surface area contributed by atoms with E-state index in [1.54, 1.807) is 0 Å². The van der Waals surface area contributed by atoms with E-state index in [1.807, 2.05) is 6.92 Å². The lowest BCUT2D eigenvalue weighted by atomic mass is 9.94. The number of hydrogen-bond acceptors (Lipinski definition) is 4. The number of hydrogen-bond donors (Lipinski definition) is 1. The molecule has 0 radical (unpaired) electrons. The standard InChI is InChI=1S/C11H22N2O3S/c1-3-16-9-11-5-4-6-13(11)8-10(7-11)12-17(2,14)15/h10,12H,3-9H2,1-2H3. The molecular formula is C11H22N2O3S. The van der Waals surface area contributed by atoms with E-state index in [2.05, 4.69) is 9.62 Å². The largest absolute Gasteiger partial charge is 0.380 e. The summed E-state index contributed by atoms with van der Waals surface area (Å²) in [4.78, 5) is 2.39. The minimum Gasteiger partial charge on any atom is -0.380 e. The summed E-state index contributed by atoms with van der Waals surface area (Å²) in [5.41, 5.74) is 0.0817. The van der Waals surface area contributed by atoms with Crippen LogP contribution in [-0.2, 0) is 14.8 Å². The first-order chi connectivity index (χ1) is 7.95. The lowest BCUT2D eigenvalue weighted by Gasteiger charge is -2.31. The highest BCUT2D eigenvalue weighted by Crippen LogP contribution is 2.39. The molecule has 1 N–H and O–H groups in total. The van der Waals surface area contributed by atoms with E-state index < -0.39 is 10.0 Å². The summed E-state index contributed by atoms with van der Waals surface area (Å²) in [5, 5.41) is 0. The van der Waals surface area contributed by atoms with Gasteiger partial charge in [0.1, 0.15) is 0 Å². The fraction of sp³-hybridized carbons (Fsp3) is 1.00. The van der Waals surface area contributed by atoms with Crippen LogP contribution in [0.4, 0.5) is 0 Å². The molecule has 0 aromatic rings. The number of sulfonamides is 1. The highest BCUT2D eigenvalue weighted by atomic mass is 32.2. The molecule has 0 aromatic heterocycles. The van der Waals surface area contributed by atoms with E-state index in [9.17, 15) is 8.42 Å². The maximum Gasteiger partial charge on any atom is 0.208 e. The predicted octanol–water partition coefficient (Wildman–Crippen LogP) is 0.179. The zero-order chi connectivity index (χ0) is 12.5. The van der Waals surface area contributed by atoms with Gasteiger partial charge in [-0.05, 0) is 32.7 Å². The second kappa shape index (κ2) is 4.84. The molecule has 2 atom stereocenters. The van der Waals surface area contributed by atoms with Gasteiger partial charge in [0.05, 0.1) is 12.9 Å². The molecule has 0 saturated carbocycles. The number of nitrogens with one attached hydrogen (secondary N) is 1. The van der Waals surface area contributed by atoms with Gasteiger partial charge in [-0.2, -0.15) is 0 Å². The van der Waals surface area contributed by atoms with Crippen molar-refractivity contribution in [3.8, 4) is 0 Å². The van der Waals surface area contributed by atoms with Gasteiger partial charge in [-0.3, -0.25) is 4.90 Å². The Morgan fingerprint density at radius 3 is 2.94 bits per heavy atom. The summed E-state index contributed by atoms with van der Waals surface area (Å²) in [5.74, 6) is 0. The Kier molecular flexibility index (Phi) is 3.77. The minimum atomic E-state index is -3.10. The summed E-state index contributed by atoms with van der Waals surface area (Å²) in [6, 6.07) is 0.0470. The molecule has 0 aliphatic carbocycles. The van der Waals surface area contributed by atoms with Crippen LogP contribution in [0.15, 0.2) is 0 Å². The molecule has 2 heterocycles. The first-order valence-corrected chi connectivity index (χ1v) is 8.14. The maximum atomic E-state index is 11.3. The van der Waals surface area contributed by atoms with E-state index in [4.69, 9.17) is 4.74 Å². The monoisotopic (exact) mass is 262 g/mol.